The third kappa shape index (κ3) is 4.75. The van der Waals surface area contributed by atoms with Gasteiger partial charge in [-0.3, -0.25) is 4.79 Å². The SMILES string of the molecule is COc1ccc(-c2noc(N3CCC[C@@H](C(=O)N(C)c4cc(Cl)c(OC)cc4OC)C3)n2)cc1. The molecule has 1 amide bonds. The molecular weight excluding hydrogens is 460 g/mol. The first-order valence-corrected chi connectivity index (χ1v) is 11.2. The summed E-state index contributed by atoms with van der Waals surface area (Å²) in [6.07, 6.45) is 1.58. The lowest BCUT2D eigenvalue weighted by Crippen LogP contribution is -2.44. The van der Waals surface area contributed by atoms with Gasteiger partial charge in [-0.2, -0.15) is 4.98 Å². The number of carbonyl (C=O) groups excluding carboxylic acids is 1. The van der Waals surface area contributed by atoms with E-state index in [0.29, 0.717) is 40.6 Å². The maximum absolute atomic E-state index is 13.4. The number of piperidine rings is 1. The van der Waals surface area contributed by atoms with E-state index in [4.69, 9.17) is 30.3 Å². The molecule has 2 aromatic carbocycles. The van der Waals surface area contributed by atoms with Gasteiger partial charge in [0.05, 0.1) is 38.0 Å². The Balaban J connectivity index is 1.49. The number of anilines is 2. The number of amides is 1. The smallest absolute Gasteiger partial charge is 0.324 e. The van der Waals surface area contributed by atoms with Crippen LogP contribution in [0.25, 0.3) is 11.4 Å². The van der Waals surface area contributed by atoms with Gasteiger partial charge in [0.25, 0.3) is 0 Å². The standard InChI is InChI=1S/C24H27ClN4O5/c1-28(19-12-18(25)20(32-3)13-21(19)33-4)23(30)16-6-5-11-29(14-16)24-26-22(27-34-24)15-7-9-17(31-2)10-8-15/h7-10,12-13,16H,5-6,11,14H2,1-4H3/t16-/m1/s1. The van der Waals surface area contributed by atoms with Gasteiger partial charge in [0.15, 0.2) is 0 Å². The first-order chi connectivity index (χ1) is 16.4. The molecular formula is C24H27ClN4O5. The Kier molecular flexibility index (Phi) is 7.12. The van der Waals surface area contributed by atoms with Gasteiger partial charge in [-0.1, -0.05) is 16.8 Å². The monoisotopic (exact) mass is 486 g/mol. The Bertz CT molecular complexity index is 1150. The van der Waals surface area contributed by atoms with Crippen molar-refractivity contribution in [3.05, 3.63) is 41.4 Å². The third-order valence-corrected chi connectivity index (χ3v) is 6.25. The zero-order valence-corrected chi connectivity index (χ0v) is 20.3. The first-order valence-electron chi connectivity index (χ1n) is 10.9. The number of rotatable bonds is 7. The second kappa shape index (κ2) is 10.2. The van der Waals surface area contributed by atoms with Crippen molar-refractivity contribution in [2.24, 2.45) is 5.92 Å². The fourth-order valence-corrected chi connectivity index (χ4v) is 4.29. The van der Waals surface area contributed by atoms with E-state index >= 15 is 0 Å². The Labute approximate surface area is 203 Å². The van der Waals surface area contributed by atoms with E-state index < -0.39 is 0 Å². The van der Waals surface area contributed by atoms with Crippen LogP contribution in [-0.2, 0) is 4.79 Å². The largest absolute Gasteiger partial charge is 0.497 e. The number of carbonyl (C=O) groups is 1. The summed E-state index contributed by atoms with van der Waals surface area (Å²) in [5.41, 5.74) is 1.40. The molecule has 9 nitrogen and oxygen atoms in total. The molecule has 1 saturated heterocycles. The van der Waals surface area contributed by atoms with Crippen molar-refractivity contribution < 1.29 is 23.5 Å². The highest BCUT2D eigenvalue weighted by atomic mass is 35.5. The lowest BCUT2D eigenvalue weighted by atomic mass is 9.96. The number of nitrogens with zero attached hydrogens (tertiary/aromatic N) is 4. The van der Waals surface area contributed by atoms with Gasteiger partial charge in [-0.15, -0.1) is 0 Å². The molecule has 0 bridgehead atoms. The van der Waals surface area contributed by atoms with Gasteiger partial charge in [-0.05, 0) is 43.2 Å². The molecule has 1 aliphatic heterocycles. The lowest BCUT2D eigenvalue weighted by Gasteiger charge is -2.33. The van der Waals surface area contributed by atoms with Gasteiger partial charge < -0.3 is 28.5 Å². The summed E-state index contributed by atoms with van der Waals surface area (Å²) in [7, 11) is 6.41. The van der Waals surface area contributed by atoms with Crippen LogP contribution in [0, 0.1) is 5.92 Å². The maximum atomic E-state index is 13.4. The van der Waals surface area contributed by atoms with E-state index in [9.17, 15) is 4.79 Å². The predicted molar refractivity (Wildman–Crippen MR) is 129 cm³/mol. The number of halogens is 1. The minimum atomic E-state index is -0.249. The highest BCUT2D eigenvalue weighted by Gasteiger charge is 2.32. The Morgan fingerprint density at radius 2 is 1.85 bits per heavy atom. The minimum absolute atomic E-state index is 0.0425. The highest BCUT2D eigenvalue weighted by molar-refractivity contribution is 6.32. The van der Waals surface area contributed by atoms with Crippen LogP contribution in [0.15, 0.2) is 40.9 Å². The average Bonchev–Trinajstić information content (AvgIpc) is 3.38. The molecule has 0 radical (unpaired) electrons. The van der Waals surface area contributed by atoms with Crippen molar-refractivity contribution in [1.29, 1.82) is 0 Å². The quantitative estimate of drug-likeness (QED) is 0.488. The average molecular weight is 487 g/mol. The molecule has 180 valence electrons. The summed E-state index contributed by atoms with van der Waals surface area (Å²) in [5, 5.41) is 4.51. The molecule has 3 aromatic rings. The van der Waals surface area contributed by atoms with Crippen LogP contribution in [0.3, 0.4) is 0 Å². The highest BCUT2D eigenvalue weighted by Crippen LogP contribution is 2.38. The fourth-order valence-electron chi connectivity index (χ4n) is 4.05. The molecule has 1 atom stereocenters. The second-order valence-corrected chi connectivity index (χ2v) is 8.38. The first kappa shape index (κ1) is 23.7. The van der Waals surface area contributed by atoms with E-state index in [1.165, 1.54) is 7.11 Å². The third-order valence-electron chi connectivity index (χ3n) is 5.95. The molecule has 0 spiro atoms. The maximum Gasteiger partial charge on any atom is 0.324 e. The van der Waals surface area contributed by atoms with Gasteiger partial charge in [-0.25, -0.2) is 0 Å². The van der Waals surface area contributed by atoms with Crippen LogP contribution >= 0.6 is 11.6 Å². The Morgan fingerprint density at radius 3 is 2.53 bits per heavy atom. The van der Waals surface area contributed by atoms with Crippen LogP contribution < -0.4 is 24.0 Å². The van der Waals surface area contributed by atoms with Gasteiger partial charge in [0, 0.05) is 31.8 Å². The molecule has 1 aromatic heterocycles. The van der Waals surface area contributed by atoms with Gasteiger partial charge in [0.1, 0.15) is 17.2 Å². The summed E-state index contributed by atoms with van der Waals surface area (Å²) in [5.74, 6) is 1.94. The Hall–Kier alpha value is -3.46. The molecule has 0 aliphatic carbocycles. The molecule has 0 saturated carbocycles. The van der Waals surface area contributed by atoms with Crippen molar-refractivity contribution >= 4 is 29.2 Å². The van der Waals surface area contributed by atoms with E-state index in [1.807, 2.05) is 29.2 Å². The number of ether oxygens (including phenoxy) is 3. The van der Waals surface area contributed by atoms with E-state index in [-0.39, 0.29) is 11.8 Å². The van der Waals surface area contributed by atoms with Crippen LogP contribution in [0.2, 0.25) is 5.02 Å². The fraction of sp³-hybridized carbons (Fsp3) is 0.375. The summed E-state index contributed by atoms with van der Waals surface area (Å²) >= 11 is 6.30. The van der Waals surface area contributed by atoms with Crippen LogP contribution in [0.5, 0.6) is 17.2 Å². The van der Waals surface area contributed by atoms with E-state index in [2.05, 4.69) is 10.1 Å². The molecule has 1 aliphatic rings. The number of aromatic nitrogens is 2. The lowest BCUT2D eigenvalue weighted by molar-refractivity contribution is -0.122. The second-order valence-electron chi connectivity index (χ2n) is 7.97. The van der Waals surface area contributed by atoms with Crippen molar-refractivity contribution in [3.8, 4) is 28.6 Å². The van der Waals surface area contributed by atoms with Gasteiger partial charge in [0.2, 0.25) is 11.7 Å². The normalized spacial score (nSPS) is 15.7. The molecule has 34 heavy (non-hydrogen) atoms. The summed E-state index contributed by atoms with van der Waals surface area (Å²) < 4.78 is 21.4. The number of benzene rings is 2. The molecule has 2 heterocycles. The zero-order chi connectivity index (χ0) is 24.2. The topological polar surface area (TPSA) is 90.2 Å². The summed E-state index contributed by atoms with van der Waals surface area (Å²) in [6.45, 7) is 1.20. The number of hydrogen-bond donors (Lipinski definition) is 0. The van der Waals surface area contributed by atoms with Crippen LogP contribution in [0.1, 0.15) is 12.8 Å². The van der Waals surface area contributed by atoms with Crippen molar-refractivity contribution in [2.75, 3.05) is 51.3 Å². The molecule has 0 unspecified atom stereocenters. The van der Waals surface area contributed by atoms with Crippen molar-refractivity contribution in [2.45, 2.75) is 12.8 Å². The van der Waals surface area contributed by atoms with Crippen LogP contribution in [0.4, 0.5) is 11.7 Å². The Morgan fingerprint density at radius 1 is 1.12 bits per heavy atom. The predicted octanol–water partition coefficient (Wildman–Crippen LogP) is 4.30. The zero-order valence-electron chi connectivity index (χ0n) is 19.6. The molecule has 0 N–H and O–H groups in total. The van der Waals surface area contributed by atoms with Crippen molar-refractivity contribution in [3.63, 3.8) is 0 Å². The number of methoxy groups -OCH3 is 3. The van der Waals surface area contributed by atoms with Crippen LogP contribution in [-0.4, -0.2) is 57.5 Å². The summed E-state index contributed by atoms with van der Waals surface area (Å²) in [4.78, 5) is 21.5. The van der Waals surface area contributed by atoms with E-state index in [0.717, 1.165) is 30.7 Å². The number of hydrogen-bond acceptors (Lipinski definition) is 8. The summed E-state index contributed by atoms with van der Waals surface area (Å²) in [6, 6.07) is 11.2. The molecule has 4 rings (SSSR count). The molecule has 1 fully saturated rings. The minimum Gasteiger partial charge on any atom is -0.497 e. The van der Waals surface area contributed by atoms with E-state index in [1.54, 1.807) is 38.3 Å². The van der Waals surface area contributed by atoms with Crippen molar-refractivity contribution in [1.82, 2.24) is 10.1 Å². The van der Waals surface area contributed by atoms with Gasteiger partial charge >= 0.3 is 6.01 Å². The molecule has 10 heteroatoms.